The molecule has 1 aromatic rings. The Balaban J connectivity index is 0.00000261. The number of rotatable bonds is 5. The van der Waals surface area contributed by atoms with Crippen LogP contribution in [0.25, 0.3) is 0 Å². The van der Waals surface area contributed by atoms with E-state index in [0.717, 1.165) is 44.9 Å². The normalized spacial score (nSPS) is 21.0. The minimum Gasteiger partial charge on any atom is -0.357 e. The molecule has 1 aromatic heterocycles. The molecular weight excluding hydrogens is 455 g/mol. The summed E-state index contributed by atoms with van der Waals surface area (Å²) in [5, 5.41) is 10.8. The van der Waals surface area contributed by atoms with E-state index < -0.39 is 0 Å². The van der Waals surface area contributed by atoms with Crippen LogP contribution in [0.1, 0.15) is 56.9 Å². The number of likely N-dealkylation sites (tertiary alicyclic amines) is 1. The summed E-state index contributed by atoms with van der Waals surface area (Å²) < 4.78 is 1.85. The Hall–Kier alpha value is -1.32. The van der Waals surface area contributed by atoms with Gasteiger partial charge in [0, 0.05) is 44.8 Å². The number of carbonyl (C=O) groups excluding carboxylic acids is 1. The third-order valence-corrected chi connectivity index (χ3v) is 5.36. The lowest BCUT2D eigenvalue weighted by atomic mass is 9.95. The highest BCUT2D eigenvalue weighted by molar-refractivity contribution is 14.0. The van der Waals surface area contributed by atoms with Gasteiger partial charge < -0.3 is 15.5 Å². The number of guanidine groups is 1. The first kappa shape index (κ1) is 22.0. The quantitative estimate of drug-likeness (QED) is 0.379. The lowest BCUT2D eigenvalue weighted by Crippen LogP contribution is -2.42. The van der Waals surface area contributed by atoms with Gasteiger partial charge in [0.1, 0.15) is 6.54 Å². The van der Waals surface area contributed by atoms with E-state index in [-0.39, 0.29) is 36.4 Å². The van der Waals surface area contributed by atoms with Crippen molar-refractivity contribution < 1.29 is 4.79 Å². The molecule has 0 bridgehead atoms. The standard InChI is InChI=1S/C19H32N6O.HI/c1-3-20-19(21-12-18(26)23-17-7-5-4-6-8-17)25-10-9-15(14-25)16-11-22-24(2)13-16;/h11,13,15,17H,3-10,12,14H2,1-2H3,(H,20,21)(H,23,26);1H. The zero-order valence-corrected chi connectivity index (χ0v) is 18.8. The van der Waals surface area contributed by atoms with Gasteiger partial charge in [0.05, 0.1) is 6.20 Å². The highest BCUT2D eigenvalue weighted by atomic mass is 127. The molecule has 1 saturated carbocycles. The lowest BCUT2D eigenvalue weighted by molar-refractivity contribution is -0.120. The first-order valence-electron chi connectivity index (χ1n) is 9.97. The molecule has 2 N–H and O–H groups in total. The van der Waals surface area contributed by atoms with Crippen LogP contribution in [0.15, 0.2) is 17.4 Å². The van der Waals surface area contributed by atoms with Gasteiger partial charge in [-0.05, 0) is 31.7 Å². The number of aromatic nitrogens is 2. The number of nitrogens with zero attached hydrogens (tertiary/aromatic N) is 4. The highest BCUT2D eigenvalue weighted by Gasteiger charge is 2.27. The number of aliphatic imine (C=N–C) groups is 1. The number of amides is 1. The van der Waals surface area contributed by atoms with Crippen LogP contribution in [0.5, 0.6) is 0 Å². The number of aryl methyl sites for hydroxylation is 1. The van der Waals surface area contributed by atoms with Crippen molar-refractivity contribution in [2.75, 3.05) is 26.2 Å². The summed E-state index contributed by atoms with van der Waals surface area (Å²) in [5.41, 5.74) is 1.28. The Bertz CT molecular complexity index is 625. The molecule has 152 valence electrons. The van der Waals surface area contributed by atoms with Gasteiger partial charge in [-0.1, -0.05) is 19.3 Å². The molecule has 0 aromatic carbocycles. The molecule has 3 rings (SSSR count). The summed E-state index contributed by atoms with van der Waals surface area (Å²) in [5.74, 6) is 1.36. The fourth-order valence-electron chi connectivity index (χ4n) is 3.97. The van der Waals surface area contributed by atoms with E-state index in [9.17, 15) is 4.79 Å². The fraction of sp³-hybridized carbons (Fsp3) is 0.737. The van der Waals surface area contributed by atoms with Crippen LogP contribution in [-0.2, 0) is 11.8 Å². The van der Waals surface area contributed by atoms with Gasteiger partial charge in [-0.3, -0.25) is 9.48 Å². The van der Waals surface area contributed by atoms with Gasteiger partial charge in [0.15, 0.2) is 5.96 Å². The van der Waals surface area contributed by atoms with Crippen LogP contribution in [-0.4, -0.2) is 58.8 Å². The molecule has 1 amide bonds. The summed E-state index contributed by atoms with van der Waals surface area (Å²) in [7, 11) is 1.95. The van der Waals surface area contributed by atoms with E-state index in [1.165, 1.54) is 24.8 Å². The fourth-order valence-corrected chi connectivity index (χ4v) is 3.97. The maximum absolute atomic E-state index is 12.2. The van der Waals surface area contributed by atoms with Crippen LogP contribution < -0.4 is 10.6 Å². The molecule has 8 heteroatoms. The zero-order chi connectivity index (χ0) is 18.4. The summed E-state index contributed by atoms with van der Waals surface area (Å²) >= 11 is 0. The van der Waals surface area contributed by atoms with E-state index in [1.54, 1.807) is 0 Å². The Kier molecular flexibility index (Phi) is 8.85. The third kappa shape index (κ3) is 6.36. The number of hydrogen-bond donors (Lipinski definition) is 2. The maximum atomic E-state index is 12.2. The van der Waals surface area contributed by atoms with Crippen LogP contribution in [0.2, 0.25) is 0 Å². The van der Waals surface area contributed by atoms with Gasteiger partial charge in [-0.2, -0.15) is 5.10 Å². The second-order valence-corrected chi connectivity index (χ2v) is 7.45. The number of halogens is 1. The van der Waals surface area contributed by atoms with Gasteiger partial charge in [0.25, 0.3) is 0 Å². The van der Waals surface area contributed by atoms with E-state index in [1.807, 2.05) is 17.9 Å². The predicted octanol–water partition coefficient (Wildman–Crippen LogP) is 2.24. The van der Waals surface area contributed by atoms with E-state index in [4.69, 9.17) is 0 Å². The van der Waals surface area contributed by atoms with Crippen molar-refractivity contribution in [2.24, 2.45) is 12.0 Å². The van der Waals surface area contributed by atoms with Gasteiger partial charge in [-0.25, -0.2) is 4.99 Å². The lowest BCUT2D eigenvalue weighted by Gasteiger charge is -2.23. The Morgan fingerprint density at radius 2 is 2.07 bits per heavy atom. The van der Waals surface area contributed by atoms with Crippen LogP contribution in [0.4, 0.5) is 0 Å². The van der Waals surface area contributed by atoms with Gasteiger partial charge >= 0.3 is 0 Å². The summed E-state index contributed by atoms with van der Waals surface area (Å²) in [6.07, 6.45) is 11.1. The van der Waals surface area contributed by atoms with E-state index >= 15 is 0 Å². The molecule has 1 unspecified atom stereocenters. The average molecular weight is 488 g/mol. The maximum Gasteiger partial charge on any atom is 0.242 e. The average Bonchev–Trinajstić information content (AvgIpc) is 3.28. The second kappa shape index (κ2) is 10.9. The van der Waals surface area contributed by atoms with E-state index in [2.05, 4.69) is 38.7 Å². The van der Waals surface area contributed by atoms with Crippen molar-refractivity contribution in [1.29, 1.82) is 0 Å². The van der Waals surface area contributed by atoms with Crippen molar-refractivity contribution in [1.82, 2.24) is 25.3 Å². The molecule has 1 atom stereocenters. The molecule has 2 heterocycles. The van der Waals surface area contributed by atoms with Crippen molar-refractivity contribution in [2.45, 2.75) is 57.4 Å². The monoisotopic (exact) mass is 488 g/mol. The molecule has 27 heavy (non-hydrogen) atoms. The van der Waals surface area contributed by atoms with Crippen LogP contribution in [0, 0.1) is 0 Å². The molecule has 1 aliphatic heterocycles. The molecule has 2 fully saturated rings. The second-order valence-electron chi connectivity index (χ2n) is 7.45. The van der Waals surface area contributed by atoms with Gasteiger partial charge in [-0.15, -0.1) is 24.0 Å². The highest BCUT2D eigenvalue weighted by Crippen LogP contribution is 2.26. The van der Waals surface area contributed by atoms with E-state index in [0.29, 0.717) is 12.0 Å². The van der Waals surface area contributed by atoms with Gasteiger partial charge in [0.2, 0.25) is 5.91 Å². The SMILES string of the molecule is CCNC(=NCC(=O)NC1CCCCC1)N1CCC(c2cnn(C)c2)C1.I. The summed E-state index contributed by atoms with van der Waals surface area (Å²) in [6.45, 7) is 4.94. The molecular formula is C19H33IN6O. The minimum atomic E-state index is 0. The van der Waals surface area contributed by atoms with Crippen LogP contribution >= 0.6 is 24.0 Å². The topological polar surface area (TPSA) is 74.6 Å². The largest absolute Gasteiger partial charge is 0.357 e. The smallest absolute Gasteiger partial charge is 0.242 e. The van der Waals surface area contributed by atoms with Crippen molar-refractivity contribution in [3.8, 4) is 0 Å². The van der Waals surface area contributed by atoms with Crippen LogP contribution in [0.3, 0.4) is 0 Å². The zero-order valence-electron chi connectivity index (χ0n) is 16.5. The number of carbonyl (C=O) groups is 1. The third-order valence-electron chi connectivity index (χ3n) is 5.36. The van der Waals surface area contributed by atoms with Crippen molar-refractivity contribution in [3.63, 3.8) is 0 Å². The Morgan fingerprint density at radius 3 is 2.74 bits per heavy atom. The molecule has 7 nitrogen and oxygen atoms in total. The molecule has 0 spiro atoms. The minimum absolute atomic E-state index is 0. The Morgan fingerprint density at radius 1 is 1.30 bits per heavy atom. The predicted molar refractivity (Wildman–Crippen MR) is 119 cm³/mol. The molecule has 2 aliphatic rings. The Labute approximate surface area is 179 Å². The number of hydrogen-bond acceptors (Lipinski definition) is 3. The summed E-state index contributed by atoms with van der Waals surface area (Å²) in [6, 6.07) is 0.343. The van der Waals surface area contributed by atoms with Crippen molar-refractivity contribution >= 4 is 35.8 Å². The number of nitrogens with one attached hydrogen (secondary N) is 2. The first-order chi connectivity index (χ1) is 12.7. The first-order valence-corrected chi connectivity index (χ1v) is 9.97. The van der Waals surface area contributed by atoms with Crippen molar-refractivity contribution in [3.05, 3.63) is 18.0 Å². The molecule has 1 aliphatic carbocycles. The summed E-state index contributed by atoms with van der Waals surface area (Å²) in [4.78, 5) is 19.1. The molecule has 1 saturated heterocycles. The molecule has 0 radical (unpaired) electrons.